The average Bonchev–Trinajstić information content (AvgIpc) is 2.78. The summed E-state index contributed by atoms with van der Waals surface area (Å²) in [6.45, 7) is 7.92. The minimum atomic E-state index is -0.378. The first kappa shape index (κ1) is 15.4. The molecule has 0 bridgehead atoms. The Morgan fingerprint density at radius 3 is 2.63 bits per heavy atom. The zero-order valence-corrected chi connectivity index (χ0v) is 12.1. The lowest BCUT2D eigenvalue weighted by molar-refractivity contribution is 0.185. The number of amides is 2. The van der Waals surface area contributed by atoms with E-state index in [0.717, 1.165) is 0 Å². The quantitative estimate of drug-likeness (QED) is 0.853. The topological polar surface area (TPSA) is 91.5 Å². The number of nitrogens with one attached hydrogen (secondary N) is 1. The average molecular weight is 270 g/mol. The van der Waals surface area contributed by atoms with Crippen LogP contribution in [-0.2, 0) is 5.41 Å². The number of hydrogen-bond donors (Lipinski definition) is 2. The minimum Gasteiger partial charge on any atom is -0.395 e. The number of carbonyl (C=O) groups excluding carboxylic acids is 1. The van der Waals surface area contributed by atoms with Crippen LogP contribution in [-0.4, -0.2) is 46.4 Å². The van der Waals surface area contributed by atoms with Crippen LogP contribution < -0.4 is 5.32 Å². The van der Waals surface area contributed by atoms with Gasteiger partial charge in [-0.25, -0.2) is 4.79 Å². The van der Waals surface area contributed by atoms with E-state index in [0.29, 0.717) is 11.7 Å². The van der Waals surface area contributed by atoms with Crippen LogP contribution >= 0.6 is 0 Å². The predicted octanol–water partition coefficient (Wildman–Crippen LogP) is 1.06. The van der Waals surface area contributed by atoms with E-state index in [1.165, 1.54) is 4.90 Å². The molecule has 7 heteroatoms. The molecule has 0 aliphatic heterocycles. The molecule has 19 heavy (non-hydrogen) atoms. The van der Waals surface area contributed by atoms with Crippen molar-refractivity contribution in [1.29, 1.82) is 0 Å². The van der Waals surface area contributed by atoms with Crippen molar-refractivity contribution in [2.45, 2.75) is 39.2 Å². The summed E-state index contributed by atoms with van der Waals surface area (Å²) >= 11 is 0. The molecule has 0 saturated heterocycles. The Morgan fingerprint density at radius 1 is 1.53 bits per heavy atom. The molecule has 1 unspecified atom stereocenters. The van der Waals surface area contributed by atoms with Crippen molar-refractivity contribution in [3.05, 3.63) is 11.7 Å². The number of carbonyl (C=O) groups is 1. The third-order valence-corrected chi connectivity index (χ3v) is 2.61. The number of aliphatic hydroxyl groups excluding tert-OH is 1. The lowest BCUT2D eigenvalue weighted by atomic mass is 9.96. The smallest absolute Gasteiger partial charge is 0.317 e. The molecule has 0 radical (unpaired) electrons. The molecule has 1 rings (SSSR count). The summed E-state index contributed by atoms with van der Waals surface area (Å²) in [5.41, 5.74) is -0.195. The number of aromatic nitrogens is 2. The first-order valence-corrected chi connectivity index (χ1v) is 6.22. The highest BCUT2D eigenvalue weighted by Crippen LogP contribution is 2.20. The number of nitrogens with zero attached hydrogens (tertiary/aromatic N) is 3. The SMILES string of the molecule is CC(NC(=O)N(C)CCO)c1nc(C(C)(C)C)no1. The number of rotatable bonds is 4. The fourth-order valence-electron chi connectivity index (χ4n) is 1.32. The Bertz CT molecular complexity index is 425. The molecular formula is C12H22N4O3. The zero-order chi connectivity index (χ0) is 14.6. The van der Waals surface area contributed by atoms with Crippen molar-refractivity contribution >= 4 is 6.03 Å². The molecule has 1 atom stereocenters. The molecule has 1 aromatic heterocycles. The highest BCUT2D eigenvalue weighted by molar-refractivity contribution is 5.74. The largest absolute Gasteiger partial charge is 0.395 e. The van der Waals surface area contributed by atoms with Crippen LogP contribution in [0.1, 0.15) is 45.5 Å². The maximum Gasteiger partial charge on any atom is 0.317 e. The number of likely N-dealkylation sites (N-methyl/N-ethyl adjacent to an activating group) is 1. The fourth-order valence-corrected chi connectivity index (χ4v) is 1.32. The van der Waals surface area contributed by atoms with Crippen LogP contribution in [0.2, 0.25) is 0 Å². The summed E-state index contributed by atoms with van der Waals surface area (Å²) in [7, 11) is 1.60. The molecule has 0 spiro atoms. The molecule has 2 N–H and O–H groups in total. The van der Waals surface area contributed by atoms with Crippen molar-refractivity contribution in [3.63, 3.8) is 0 Å². The van der Waals surface area contributed by atoms with Crippen LogP contribution in [0.3, 0.4) is 0 Å². The van der Waals surface area contributed by atoms with Crippen LogP contribution in [0.25, 0.3) is 0 Å². The molecule has 0 saturated carbocycles. The molecule has 1 aromatic rings. The standard InChI is InChI=1S/C12H22N4O3/c1-8(13-11(18)16(5)6-7-17)9-14-10(15-19-9)12(2,3)4/h8,17H,6-7H2,1-5H3,(H,13,18). The van der Waals surface area contributed by atoms with Gasteiger partial charge in [0.15, 0.2) is 5.82 Å². The second kappa shape index (κ2) is 6.01. The van der Waals surface area contributed by atoms with Crippen LogP contribution in [0.4, 0.5) is 4.79 Å². The molecule has 0 aromatic carbocycles. The van der Waals surface area contributed by atoms with E-state index in [1.54, 1.807) is 14.0 Å². The summed E-state index contributed by atoms with van der Waals surface area (Å²) in [6.07, 6.45) is 0. The van der Waals surface area contributed by atoms with Gasteiger partial charge < -0.3 is 19.8 Å². The van der Waals surface area contributed by atoms with Gasteiger partial charge in [-0.3, -0.25) is 0 Å². The van der Waals surface area contributed by atoms with E-state index in [-0.39, 0.29) is 30.6 Å². The van der Waals surface area contributed by atoms with Gasteiger partial charge >= 0.3 is 6.03 Å². The van der Waals surface area contributed by atoms with Crippen molar-refractivity contribution in [2.24, 2.45) is 0 Å². The van der Waals surface area contributed by atoms with Gasteiger partial charge in [0.2, 0.25) is 5.89 Å². The van der Waals surface area contributed by atoms with Gasteiger partial charge in [-0.15, -0.1) is 0 Å². The fraction of sp³-hybridized carbons (Fsp3) is 0.750. The summed E-state index contributed by atoms with van der Waals surface area (Å²) < 4.78 is 5.15. The van der Waals surface area contributed by atoms with Gasteiger partial charge in [-0.05, 0) is 6.92 Å². The van der Waals surface area contributed by atoms with Gasteiger partial charge in [-0.1, -0.05) is 25.9 Å². The van der Waals surface area contributed by atoms with Crippen molar-refractivity contribution in [3.8, 4) is 0 Å². The van der Waals surface area contributed by atoms with Gasteiger partial charge in [0, 0.05) is 19.0 Å². The van der Waals surface area contributed by atoms with Crippen LogP contribution in [0, 0.1) is 0 Å². The van der Waals surface area contributed by atoms with E-state index in [1.807, 2.05) is 20.8 Å². The van der Waals surface area contributed by atoms with Crippen molar-refractivity contribution < 1.29 is 14.4 Å². The van der Waals surface area contributed by atoms with Crippen molar-refractivity contribution in [2.75, 3.05) is 20.2 Å². The van der Waals surface area contributed by atoms with E-state index in [4.69, 9.17) is 9.63 Å². The Balaban J connectivity index is 2.66. The molecule has 108 valence electrons. The van der Waals surface area contributed by atoms with Gasteiger partial charge in [0.1, 0.15) is 6.04 Å². The van der Waals surface area contributed by atoms with Gasteiger partial charge in [0.05, 0.1) is 6.61 Å². The molecule has 0 fully saturated rings. The maximum absolute atomic E-state index is 11.7. The van der Waals surface area contributed by atoms with Crippen LogP contribution in [0.5, 0.6) is 0 Å². The molecule has 0 aliphatic carbocycles. The normalized spacial score (nSPS) is 13.2. The summed E-state index contributed by atoms with van der Waals surface area (Å²) in [5, 5.41) is 15.4. The minimum absolute atomic E-state index is 0.0764. The third kappa shape index (κ3) is 4.20. The first-order valence-electron chi connectivity index (χ1n) is 6.22. The van der Waals surface area contributed by atoms with Crippen LogP contribution in [0.15, 0.2) is 4.52 Å². The lowest BCUT2D eigenvalue weighted by Gasteiger charge is -2.18. The molecular weight excluding hydrogens is 248 g/mol. The van der Waals surface area contributed by atoms with E-state index in [9.17, 15) is 4.79 Å². The summed E-state index contributed by atoms with van der Waals surface area (Å²) in [4.78, 5) is 17.4. The summed E-state index contributed by atoms with van der Waals surface area (Å²) in [5.74, 6) is 0.975. The molecule has 0 aliphatic rings. The molecule has 1 heterocycles. The maximum atomic E-state index is 11.7. The van der Waals surface area contributed by atoms with Gasteiger partial charge in [0.25, 0.3) is 0 Å². The Kier molecular flexibility index (Phi) is 4.88. The lowest BCUT2D eigenvalue weighted by Crippen LogP contribution is -2.40. The Morgan fingerprint density at radius 2 is 2.16 bits per heavy atom. The second-order valence-corrected chi connectivity index (χ2v) is 5.52. The number of aliphatic hydroxyl groups is 1. The molecule has 7 nitrogen and oxygen atoms in total. The Labute approximate surface area is 113 Å². The number of hydrogen-bond acceptors (Lipinski definition) is 5. The monoisotopic (exact) mass is 270 g/mol. The zero-order valence-electron chi connectivity index (χ0n) is 12.1. The highest BCUT2D eigenvalue weighted by atomic mass is 16.5. The first-order chi connectivity index (χ1) is 8.75. The van der Waals surface area contributed by atoms with E-state index in [2.05, 4.69) is 15.5 Å². The third-order valence-electron chi connectivity index (χ3n) is 2.61. The van der Waals surface area contributed by atoms with Gasteiger partial charge in [-0.2, -0.15) is 4.98 Å². The number of urea groups is 1. The van der Waals surface area contributed by atoms with E-state index < -0.39 is 0 Å². The summed E-state index contributed by atoms with van der Waals surface area (Å²) in [6, 6.07) is -0.672. The molecule has 2 amide bonds. The predicted molar refractivity (Wildman–Crippen MR) is 69.7 cm³/mol. The highest BCUT2D eigenvalue weighted by Gasteiger charge is 2.24. The van der Waals surface area contributed by atoms with Crippen molar-refractivity contribution in [1.82, 2.24) is 20.4 Å². The second-order valence-electron chi connectivity index (χ2n) is 5.52. The Hall–Kier alpha value is -1.63. The van der Waals surface area contributed by atoms with E-state index >= 15 is 0 Å².